The first-order chi connectivity index (χ1) is 14.3. The Kier molecular flexibility index (Phi) is 6.90. The summed E-state index contributed by atoms with van der Waals surface area (Å²) in [6.45, 7) is 7.72. The van der Waals surface area contributed by atoms with E-state index >= 15 is 0 Å². The molecule has 0 bridgehead atoms. The lowest BCUT2D eigenvalue weighted by Crippen LogP contribution is -2.18. The number of hydrogen-bond donors (Lipinski definition) is 2. The zero-order valence-corrected chi connectivity index (χ0v) is 18.4. The number of aryl methyl sites for hydroxylation is 4. The third kappa shape index (κ3) is 5.70. The second-order valence-corrected chi connectivity index (χ2v) is 8.25. The van der Waals surface area contributed by atoms with Gasteiger partial charge in [0.15, 0.2) is 0 Å². The van der Waals surface area contributed by atoms with Gasteiger partial charge in [-0.15, -0.1) is 0 Å². The molecule has 30 heavy (non-hydrogen) atoms. The second-order valence-electron chi connectivity index (χ2n) is 7.29. The zero-order valence-electron chi connectivity index (χ0n) is 17.6. The fourth-order valence-electron chi connectivity index (χ4n) is 3.15. The molecule has 2 N–H and O–H groups in total. The Labute approximate surface area is 181 Å². The van der Waals surface area contributed by atoms with Crippen LogP contribution in [0.3, 0.4) is 0 Å². The van der Waals surface area contributed by atoms with Crippen LogP contribution < -0.4 is 10.6 Å². The van der Waals surface area contributed by atoms with Crippen molar-refractivity contribution in [1.82, 2.24) is 4.98 Å². The van der Waals surface area contributed by atoms with Gasteiger partial charge >= 0.3 is 0 Å². The molecule has 0 unspecified atom stereocenters. The monoisotopic (exact) mass is 419 g/mol. The maximum Gasteiger partial charge on any atom is 0.258 e. The third-order valence-corrected chi connectivity index (χ3v) is 5.43. The Morgan fingerprint density at radius 1 is 0.867 bits per heavy atom. The molecule has 0 fully saturated rings. The third-order valence-electron chi connectivity index (χ3n) is 4.46. The number of amides is 2. The predicted molar refractivity (Wildman–Crippen MR) is 123 cm³/mol. The van der Waals surface area contributed by atoms with Crippen LogP contribution in [0, 0.1) is 27.7 Å². The summed E-state index contributed by atoms with van der Waals surface area (Å²) < 4.78 is 0. The molecular formula is C24H25N3O2S. The number of carbonyl (C=O) groups excluding carboxylic acids is 2. The van der Waals surface area contributed by atoms with Gasteiger partial charge in [0.1, 0.15) is 5.03 Å². The molecule has 1 aromatic heterocycles. The zero-order chi connectivity index (χ0) is 21.7. The van der Waals surface area contributed by atoms with E-state index in [1.54, 1.807) is 0 Å². The fraction of sp³-hybridized carbons (Fsp3) is 0.208. The van der Waals surface area contributed by atoms with Crippen LogP contribution in [0.25, 0.3) is 0 Å². The van der Waals surface area contributed by atoms with Gasteiger partial charge in [0, 0.05) is 17.1 Å². The molecule has 5 nitrogen and oxygen atoms in total. The summed E-state index contributed by atoms with van der Waals surface area (Å²) in [6.07, 6.45) is 0. The molecule has 0 atom stereocenters. The highest BCUT2D eigenvalue weighted by Crippen LogP contribution is 2.26. The van der Waals surface area contributed by atoms with Crippen LogP contribution in [0.1, 0.15) is 32.7 Å². The van der Waals surface area contributed by atoms with Gasteiger partial charge in [0.2, 0.25) is 5.91 Å². The van der Waals surface area contributed by atoms with Crippen molar-refractivity contribution >= 4 is 35.0 Å². The average Bonchev–Trinajstić information content (AvgIpc) is 2.65. The summed E-state index contributed by atoms with van der Waals surface area (Å²) in [6, 6.07) is 17.2. The van der Waals surface area contributed by atoms with E-state index in [-0.39, 0.29) is 17.6 Å². The highest BCUT2D eigenvalue weighted by molar-refractivity contribution is 8.00. The van der Waals surface area contributed by atoms with E-state index in [0.29, 0.717) is 10.6 Å². The second kappa shape index (κ2) is 9.59. The number of benzene rings is 2. The highest BCUT2D eigenvalue weighted by atomic mass is 32.2. The van der Waals surface area contributed by atoms with Gasteiger partial charge in [-0.2, -0.15) is 0 Å². The molecular weight excluding hydrogens is 394 g/mol. The Morgan fingerprint density at radius 3 is 2.07 bits per heavy atom. The number of hydrogen-bond acceptors (Lipinski definition) is 4. The Bertz CT molecular complexity index is 1100. The Balaban J connectivity index is 1.75. The lowest BCUT2D eigenvalue weighted by molar-refractivity contribution is -0.113. The molecule has 2 aromatic carbocycles. The molecule has 2 amide bonds. The van der Waals surface area contributed by atoms with E-state index in [2.05, 4.69) is 15.6 Å². The lowest BCUT2D eigenvalue weighted by Gasteiger charge is -2.13. The van der Waals surface area contributed by atoms with Crippen LogP contribution in [0.2, 0.25) is 0 Å². The normalized spacial score (nSPS) is 10.5. The summed E-state index contributed by atoms with van der Waals surface area (Å²) in [7, 11) is 0. The molecule has 0 saturated carbocycles. The maximum absolute atomic E-state index is 13.0. The van der Waals surface area contributed by atoms with Gasteiger partial charge in [-0.1, -0.05) is 36.0 Å². The summed E-state index contributed by atoms with van der Waals surface area (Å²) in [5.41, 5.74) is 5.76. The van der Waals surface area contributed by atoms with Gasteiger partial charge in [0.05, 0.1) is 11.3 Å². The number of rotatable bonds is 6. The van der Waals surface area contributed by atoms with Gasteiger partial charge in [-0.3, -0.25) is 9.59 Å². The molecule has 0 spiro atoms. The van der Waals surface area contributed by atoms with Crippen molar-refractivity contribution in [3.63, 3.8) is 0 Å². The van der Waals surface area contributed by atoms with Crippen molar-refractivity contribution < 1.29 is 9.59 Å². The standard InChI is InChI=1S/C24H25N3O2S/c1-15-7-5-9-19(11-15)26-21(28)14-30-24-22(17(3)13-18(4)25-24)23(29)27-20-10-6-8-16(2)12-20/h5-13H,14H2,1-4H3,(H,26,28)(H,27,29). The molecule has 0 aliphatic rings. The Morgan fingerprint density at radius 2 is 1.47 bits per heavy atom. The van der Waals surface area contributed by atoms with Gasteiger partial charge in [-0.05, 0) is 74.7 Å². The minimum absolute atomic E-state index is 0.142. The smallest absolute Gasteiger partial charge is 0.258 e. The van der Waals surface area contributed by atoms with Crippen LogP contribution in [0.4, 0.5) is 11.4 Å². The number of pyridine rings is 1. The topological polar surface area (TPSA) is 71.1 Å². The summed E-state index contributed by atoms with van der Waals surface area (Å²) >= 11 is 1.26. The quantitative estimate of drug-likeness (QED) is 0.532. The molecule has 6 heteroatoms. The number of nitrogens with zero attached hydrogens (tertiary/aromatic N) is 1. The number of nitrogens with one attached hydrogen (secondary N) is 2. The van der Waals surface area contributed by atoms with E-state index in [1.807, 2.05) is 82.3 Å². The molecule has 3 rings (SSSR count). The number of anilines is 2. The molecule has 0 radical (unpaired) electrons. The van der Waals surface area contributed by atoms with Crippen molar-refractivity contribution in [1.29, 1.82) is 0 Å². The van der Waals surface area contributed by atoms with E-state index in [4.69, 9.17) is 0 Å². The predicted octanol–water partition coefficient (Wildman–Crippen LogP) is 5.30. The van der Waals surface area contributed by atoms with Crippen molar-refractivity contribution in [2.75, 3.05) is 16.4 Å². The molecule has 154 valence electrons. The van der Waals surface area contributed by atoms with E-state index in [0.717, 1.165) is 33.8 Å². The summed E-state index contributed by atoms with van der Waals surface area (Å²) in [4.78, 5) is 29.9. The summed E-state index contributed by atoms with van der Waals surface area (Å²) in [5.74, 6) is -0.210. The van der Waals surface area contributed by atoms with Crippen LogP contribution in [0.15, 0.2) is 59.6 Å². The average molecular weight is 420 g/mol. The van der Waals surface area contributed by atoms with Gasteiger partial charge < -0.3 is 10.6 Å². The summed E-state index contributed by atoms with van der Waals surface area (Å²) in [5, 5.41) is 6.38. The Hall–Kier alpha value is -3.12. The van der Waals surface area contributed by atoms with Crippen LogP contribution in [0.5, 0.6) is 0 Å². The van der Waals surface area contributed by atoms with Crippen molar-refractivity contribution in [3.05, 3.63) is 82.5 Å². The fourth-order valence-corrected chi connectivity index (χ4v) is 4.10. The first-order valence-electron chi connectivity index (χ1n) is 9.67. The van der Waals surface area contributed by atoms with Crippen molar-refractivity contribution in [2.24, 2.45) is 0 Å². The number of aromatic nitrogens is 1. The highest BCUT2D eigenvalue weighted by Gasteiger charge is 2.18. The molecule has 0 aliphatic carbocycles. The van der Waals surface area contributed by atoms with Gasteiger partial charge in [0.25, 0.3) is 5.91 Å². The minimum Gasteiger partial charge on any atom is -0.325 e. The molecule has 0 aliphatic heterocycles. The maximum atomic E-state index is 13.0. The number of carbonyl (C=O) groups is 2. The molecule has 1 heterocycles. The first-order valence-corrected chi connectivity index (χ1v) is 10.7. The van der Waals surface area contributed by atoms with Crippen LogP contribution >= 0.6 is 11.8 Å². The molecule has 0 saturated heterocycles. The number of thioether (sulfide) groups is 1. The molecule has 3 aromatic rings. The van der Waals surface area contributed by atoms with Crippen LogP contribution in [-0.2, 0) is 4.79 Å². The van der Waals surface area contributed by atoms with E-state index in [9.17, 15) is 9.59 Å². The van der Waals surface area contributed by atoms with E-state index in [1.165, 1.54) is 11.8 Å². The van der Waals surface area contributed by atoms with Crippen LogP contribution in [-0.4, -0.2) is 22.6 Å². The lowest BCUT2D eigenvalue weighted by atomic mass is 10.1. The minimum atomic E-state index is -0.229. The van der Waals surface area contributed by atoms with Crippen molar-refractivity contribution in [2.45, 2.75) is 32.7 Å². The first kappa shape index (κ1) is 21.6. The largest absolute Gasteiger partial charge is 0.325 e. The van der Waals surface area contributed by atoms with Gasteiger partial charge in [-0.25, -0.2) is 4.98 Å². The van der Waals surface area contributed by atoms with Crippen molar-refractivity contribution in [3.8, 4) is 0 Å². The SMILES string of the molecule is Cc1cccc(NC(=O)CSc2nc(C)cc(C)c2C(=O)Nc2cccc(C)c2)c1. The van der Waals surface area contributed by atoms with E-state index < -0.39 is 0 Å².